The van der Waals surface area contributed by atoms with E-state index in [-0.39, 0.29) is 159 Å². The van der Waals surface area contributed by atoms with E-state index in [9.17, 15) is 49.2 Å². The van der Waals surface area contributed by atoms with Gasteiger partial charge in [0.2, 0.25) is 12.8 Å². The van der Waals surface area contributed by atoms with E-state index < -0.39 is 46.1 Å². The number of benzene rings is 3. The molecule has 0 radical (unpaired) electrons. The Morgan fingerprint density at radius 3 is 0.951 bits per heavy atom. The third-order valence-corrected chi connectivity index (χ3v) is 5.03. The van der Waals surface area contributed by atoms with E-state index in [0.717, 1.165) is 46.2 Å². The number of carboxylic acid groups (broad SMARTS) is 4. The van der Waals surface area contributed by atoms with Gasteiger partial charge in [0.25, 0.3) is 0 Å². The predicted molar refractivity (Wildman–Crippen MR) is 117 cm³/mol. The number of nitrogens with zero attached hydrogens (tertiary/aromatic N) is 2. The number of aromatic carboxylic acids is 4. The predicted octanol–water partition coefficient (Wildman–Crippen LogP) is -14.7. The number of hydrogen-bond donors (Lipinski definition) is 1. The summed E-state index contributed by atoms with van der Waals surface area (Å²) in [5, 5.41) is 45.3. The molecule has 17 heteroatoms. The molecule has 0 bridgehead atoms. The molecule has 0 fully saturated rings. The Morgan fingerprint density at radius 2 is 0.732 bits per heavy atom. The number of nitrogen functional groups attached to an aromatic ring is 1. The fourth-order valence-electron chi connectivity index (χ4n) is 3.41. The molecule has 3 rings (SSSR count). The van der Waals surface area contributed by atoms with E-state index in [0.29, 0.717) is 0 Å². The van der Waals surface area contributed by atoms with Gasteiger partial charge in [-0.1, -0.05) is 0 Å². The molecule has 0 aliphatic rings. The van der Waals surface area contributed by atoms with E-state index >= 15 is 0 Å². The first kappa shape index (κ1) is 41.4. The molecule has 0 aliphatic carbocycles. The molecule has 0 aromatic heterocycles. The number of nitrogens with two attached hydrogens (primary N) is 1. The van der Waals surface area contributed by atoms with Gasteiger partial charge in [0, 0.05) is 17.1 Å². The van der Waals surface area contributed by atoms with Crippen LogP contribution in [0.25, 0.3) is 0 Å². The van der Waals surface area contributed by atoms with E-state index in [1.54, 1.807) is 0 Å². The molecule has 0 saturated heterocycles. The van der Waals surface area contributed by atoms with Crippen molar-refractivity contribution in [2.24, 2.45) is 0 Å². The van der Waals surface area contributed by atoms with Crippen LogP contribution in [0.5, 0.6) is 0 Å². The number of carboxylic acids is 4. The maximum absolute atomic E-state index is 12.0. The maximum Gasteiger partial charge on any atom is 1.00 e. The Hall–Kier alpha value is -1.72. The van der Waals surface area contributed by atoms with E-state index in [1.165, 1.54) is 18.2 Å². The summed E-state index contributed by atoms with van der Waals surface area (Å²) in [7, 11) is 0. The molecule has 0 spiro atoms. The van der Waals surface area contributed by atoms with Gasteiger partial charge in [0.1, 0.15) is 0 Å². The smallest absolute Gasteiger partial charge is 0.545 e. The number of anilines is 5. The molecule has 0 saturated carbocycles. The zero-order chi connectivity index (χ0) is 27.4. The molecular weight excluding hydrogens is 582 g/mol. The van der Waals surface area contributed by atoms with Gasteiger partial charge in [0.05, 0.1) is 35.3 Å². The van der Waals surface area contributed by atoms with Gasteiger partial charge in [-0.05, 0) is 76.9 Å². The van der Waals surface area contributed by atoms with E-state index in [4.69, 9.17) is 5.73 Å². The van der Waals surface area contributed by atoms with Crippen molar-refractivity contribution in [1.29, 1.82) is 0 Å². The quantitative estimate of drug-likeness (QED) is 0.131. The number of carbonyl (C=O) groups is 6. The fraction of sp³-hybridized carbons (Fsp3) is 0. The average molecular weight is 595 g/mol. The summed E-state index contributed by atoms with van der Waals surface area (Å²) in [4.78, 5) is 70.9. The Balaban J connectivity index is 0. The molecule has 188 valence electrons. The molecule has 2 amide bonds. The Bertz CT molecular complexity index is 1320. The van der Waals surface area contributed by atoms with Crippen molar-refractivity contribution >= 4 is 65.1 Å². The minimum atomic E-state index is -1.73. The van der Waals surface area contributed by atoms with Crippen LogP contribution in [-0.4, -0.2) is 36.7 Å². The second-order valence-electron chi connectivity index (χ2n) is 7.42. The summed E-state index contributed by atoms with van der Waals surface area (Å²) in [5.74, 6) is -6.92. The monoisotopic (exact) mass is 595 g/mol. The second kappa shape index (κ2) is 18.1. The molecule has 3 aromatic rings. The van der Waals surface area contributed by atoms with Crippen molar-refractivity contribution in [2.45, 2.75) is 0 Å². The van der Waals surface area contributed by atoms with Crippen LogP contribution in [0, 0.1) is 0 Å². The van der Waals surface area contributed by atoms with Crippen molar-refractivity contribution in [1.82, 2.24) is 0 Å². The second-order valence-corrected chi connectivity index (χ2v) is 7.42. The number of amides is 2. The van der Waals surface area contributed by atoms with Crippen molar-refractivity contribution < 1.29 is 167 Å². The van der Waals surface area contributed by atoms with Crippen LogP contribution < -0.4 is 154 Å². The van der Waals surface area contributed by atoms with Crippen LogP contribution in [0.4, 0.5) is 28.4 Å². The zero-order valence-corrected chi connectivity index (χ0v) is 30.4. The minimum Gasteiger partial charge on any atom is -0.545 e. The van der Waals surface area contributed by atoms with Crippen LogP contribution >= 0.6 is 0 Å². The number of hydrogen-bond acceptors (Lipinski definition) is 11. The summed E-state index contributed by atoms with van der Waals surface area (Å²) in [6, 6.07) is 9.00. The molecular formula is C24H13N3Na4O10. The van der Waals surface area contributed by atoms with Crippen LogP contribution in [0.15, 0.2) is 54.6 Å². The van der Waals surface area contributed by atoms with Crippen LogP contribution in [0.3, 0.4) is 0 Å². The Labute approximate surface area is 320 Å². The largest absolute Gasteiger partial charge is 1.00 e. The van der Waals surface area contributed by atoms with E-state index in [2.05, 4.69) is 0 Å². The first-order chi connectivity index (χ1) is 17.4. The standard InChI is InChI=1S/C24H17N3O10.4Na/c25-16-7-19(26(10-28)17-3-12(21(30)31)1-13(4-17)22(32)33)9-20(8-16)27(11-29)18-5-14(23(34)35)2-15(6-18)24(36)37;;;;/h1-11H,25H2,(H,30,31)(H,32,33)(H,34,35)(H,36,37);;;;/q;4*+1/p-4. The molecule has 13 nitrogen and oxygen atoms in total. The summed E-state index contributed by atoms with van der Waals surface area (Å²) >= 11 is 0. The van der Waals surface area contributed by atoms with Gasteiger partial charge in [0.15, 0.2) is 0 Å². The summed E-state index contributed by atoms with van der Waals surface area (Å²) in [6.07, 6.45) is 0.421. The molecule has 0 atom stereocenters. The van der Waals surface area contributed by atoms with Crippen molar-refractivity contribution in [3.63, 3.8) is 0 Å². The third kappa shape index (κ3) is 10.2. The van der Waals surface area contributed by atoms with Crippen molar-refractivity contribution in [3.05, 3.63) is 76.9 Å². The minimum absolute atomic E-state index is 0. The summed E-state index contributed by atoms with van der Waals surface area (Å²) < 4.78 is 0. The van der Waals surface area contributed by atoms with Gasteiger partial charge in [-0.25, -0.2) is 0 Å². The van der Waals surface area contributed by atoms with Gasteiger partial charge < -0.3 is 45.3 Å². The molecule has 0 unspecified atom stereocenters. The van der Waals surface area contributed by atoms with Gasteiger partial charge in [-0.15, -0.1) is 0 Å². The van der Waals surface area contributed by atoms with Gasteiger partial charge in [-0.3, -0.25) is 19.4 Å². The van der Waals surface area contributed by atoms with Crippen LogP contribution in [0.2, 0.25) is 0 Å². The molecule has 0 aliphatic heterocycles. The summed E-state index contributed by atoms with van der Waals surface area (Å²) in [6.45, 7) is 0. The van der Waals surface area contributed by atoms with Crippen LogP contribution in [0.1, 0.15) is 41.4 Å². The zero-order valence-electron chi connectivity index (χ0n) is 22.4. The number of carbonyl (C=O) groups excluding carboxylic acids is 6. The first-order valence-electron chi connectivity index (χ1n) is 10.0. The van der Waals surface area contributed by atoms with Gasteiger partial charge in [-0.2, -0.15) is 0 Å². The SMILES string of the molecule is Nc1cc(N(C=O)c2cc(C(=O)[O-])cc(C(=O)[O-])c2)cc(N(C=O)c2cc(C(=O)[O-])cc(C(=O)[O-])c2)c1.[Na+].[Na+].[Na+].[Na+]. The fourth-order valence-corrected chi connectivity index (χ4v) is 3.41. The normalized spacial score (nSPS) is 9.27. The molecule has 2 N–H and O–H groups in total. The Kier molecular flexibility index (Phi) is 18.2. The molecule has 3 aromatic carbocycles. The molecule has 0 heterocycles. The number of rotatable bonds is 10. The van der Waals surface area contributed by atoms with E-state index in [1.807, 2.05) is 0 Å². The van der Waals surface area contributed by atoms with Crippen molar-refractivity contribution in [2.75, 3.05) is 15.5 Å². The van der Waals surface area contributed by atoms with Crippen molar-refractivity contribution in [3.8, 4) is 0 Å². The first-order valence-corrected chi connectivity index (χ1v) is 10.0. The van der Waals surface area contributed by atoms with Crippen LogP contribution in [-0.2, 0) is 9.59 Å². The van der Waals surface area contributed by atoms with Gasteiger partial charge >= 0.3 is 118 Å². The maximum atomic E-state index is 12.0. The third-order valence-electron chi connectivity index (χ3n) is 5.03. The summed E-state index contributed by atoms with van der Waals surface area (Å²) in [5.41, 5.74) is 2.96. The topological polar surface area (TPSA) is 227 Å². The average Bonchev–Trinajstić information content (AvgIpc) is 2.84. The molecule has 41 heavy (non-hydrogen) atoms. The Morgan fingerprint density at radius 1 is 0.488 bits per heavy atom.